The summed E-state index contributed by atoms with van der Waals surface area (Å²) in [4.78, 5) is 24.2. The quantitative estimate of drug-likeness (QED) is 0.873. The highest BCUT2D eigenvalue weighted by atomic mass is 16.1. The Hall–Kier alpha value is -2.50. The fourth-order valence-corrected chi connectivity index (χ4v) is 1.73. The molecule has 2 aromatic heterocycles. The number of nitrogens with two attached hydrogens (primary N) is 1. The molecule has 2 rings (SSSR count). The Labute approximate surface area is 117 Å². The van der Waals surface area contributed by atoms with E-state index in [1.54, 1.807) is 25.4 Å². The summed E-state index contributed by atoms with van der Waals surface area (Å²) in [5.74, 6) is 0.753. The van der Waals surface area contributed by atoms with Crippen LogP contribution in [0.1, 0.15) is 34.4 Å². The van der Waals surface area contributed by atoms with Gasteiger partial charge in [0.1, 0.15) is 17.3 Å². The largest absolute Gasteiger partial charge is 0.383 e. The molecular weight excluding hydrogens is 254 g/mol. The first-order valence-electron chi connectivity index (χ1n) is 6.41. The van der Waals surface area contributed by atoms with E-state index in [4.69, 9.17) is 5.73 Å². The summed E-state index contributed by atoms with van der Waals surface area (Å²) in [6.45, 7) is 4.07. The maximum Gasteiger partial charge on any atom is 0.270 e. The molecule has 6 heteroatoms. The summed E-state index contributed by atoms with van der Waals surface area (Å²) in [5, 5.41) is 2.77. The number of carbonyl (C=O) groups excluding carboxylic acids is 1. The van der Waals surface area contributed by atoms with Crippen LogP contribution in [-0.2, 0) is 13.0 Å². The van der Waals surface area contributed by atoms with Crippen molar-refractivity contribution in [2.75, 3.05) is 5.73 Å². The van der Waals surface area contributed by atoms with Gasteiger partial charge in [0.2, 0.25) is 0 Å². The molecule has 0 unspecified atom stereocenters. The van der Waals surface area contributed by atoms with Crippen LogP contribution >= 0.6 is 0 Å². The lowest BCUT2D eigenvalue weighted by Crippen LogP contribution is -2.24. The zero-order chi connectivity index (χ0) is 14.5. The van der Waals surface area contributed by atoms with E-state index in [0.29, 0.717) is 22.9 Å². The van der Waals surface area contributed by atoms with E-state index >= 15 is 0 Å². The molecule has 0 aliphatic heterocycles. The maximum atomic E-state index is 12.0. The van der Waals surface area contributed by atoms with Crippen LogP contribution in [0.5, 0.6) is 0 Å². The average Bonchev–Trinajstić information content (AvgIpc) is 2.46. The molecule has 0 aromatic carbocycles. The Morgan fingerprint density at radius 1 is 1.40 bits per heavy atom. The Balaban J connectivity index is 2.04. The summed E-state index contributed by atoms with van der Waals surface area (Å²) >= 11 is 0. The van der Waals surface area contributed by atoms with Crippen LogP contribution < -0.4 is 11.1 Å². The lowest BCUT2D eigenvalue weighted by Gasteiger charge is -2.07. The van der Waals surface area contributed by atoms with Gasteiger partial charge in [0, 0.05) is 24.5 Å². The summed E-state index contributed by atoms with van der Waals surface area (Å²) in [7, 11) is 0. The van der Waals surface area contributed by atoms with E-state index in [0.717, 1.165) is 12.0 Å². The van der Waals surface area contributed by atoms with Crippen LogP contribution in [0.4, 0.5) is 5.82 Å². The number of amides is 1. The minimum absolute atomic E-state index is 0.236. The molecule has 0 bridgehead atoms. The van der Waals surface area contributed by atoms with E-state index in [9.17, 15) is 4.79 Å². The van der Waals surface area contributed by atoms with E-state index in [2.05, 4.69) is 20.3 Å². The molecule has 0 aliphatic carbocycles. The minimum atomic E-state index is -0.236. The zero-order valence-corrected chi connectivity index (χ0v) is 11.6. The monoisotopic (exact) mass is 271 g/mol. The lowest BCUT2D eigenvalue weighted by atomic mass is 10.2. The Kier molecular flexibility index (Phi) is 4.24. The van der Waals surface area contributed by atoms with Crippen molar-refractivity contribution in [1.29, 1.82) is 0 Å². The van der Waals surface area contributed by atoms with Gasteiger partial charge in [-0.2, -0.15) is 0 Å². The van der Waals surface area contributed by atoms with Gasteiger partial charge >= 0.3 is 0 Å². The first-order valence-corrected chi connectivity index (χ1v) is 6.41. The number of aromatic nitrogens is 3. The van der Waals surface area contributed by atoms with Gasteiger partial charge in [-0.05, 0) is 31.0 Å². The van der Waals surface area contributed by atoms with Gasteiger partial charge in [-0.15, -0.1) is 0 Å². The number of anilines is 1. The molecule has 0 radical (unpaired) electrons. The molecule has 0 saturated heterocycles. The van der Waals surface area contributed by atoms with Crippen LogP contribution in [0.15, 0.2) is 24.5 Å². The second kappa shape index (κ2) is 6.10. The van der Waals surface area contributed by atoms with Crippen molar-refractivity contribution in [2.24, 2.45) is 0 Å². The Morgan fingerprint density at radius 3 is 2.90 bits per heavy atom. The normalized spacial score (nSPS) is 10.3. The van der Waals surface area contributed by atoms with Crippen LogP contribution in [0, 0.1) is 6.92 Å². The fraction of sp³-hybridized carbons (Fsp3) is 0.286. The van der Waals surface area contributed by atoms with E-state index < -0.39 is 0 Å². The average molecular weight is 271 g/mol. The van der Waals surface area contributed by atoms with E-state index in [1.807, 2.05) is 13.0 Å². The predicted octanol–water partition coefficient (Wildman–Crippen LogP) is 1.25. The third-order valence-corrected chi connectivity index (χ3v) is 2.92. The number of hydrogen-bond donors (Lipinski definition) is 2. The standard InChI is InChI=1S/C14H17N5O/c1-3-10-4-5-16-12(6-10)14(20)18-8-11-7-17-9(2)19-13(11)15/h4-7H,3,8H2,1-2H3,(H,18,20)(H2,15,17,19). The molecule has 0 fully saturated rings. The summed E-state index contributed by atoms with van der Waals surface area (Å²) in [5.41, 5.74) is 7.94. The molecule has 6 nitrogen and oxygen atoms in total. The Morgan fingerprint density at radius 2 is 2.20 bits per heavy atom. The van der Waals surface area contributed by atoms with Crippen LogP contribution in [-0.4, -0.2) is 20.9 Å². The number of hydrogen-bond acceptors (Lipinski definition) is 5. The molecular formula is C14H17N5O. The van der Waals surface area contributed by atoms with Crippen molar-refractivity contribution < 1.29 is 4.79 Å². The van der Waals surface area contributed by atoms with Crippen molar-refractivity contribution >= 4 is 11.7 Å². The fourth-order valence-electron chi connectivity index (χ4n) is 1.73. The number of nitrogens with zero attached hydrogens (tertiary/aromatic N) is 3. The number of aryl methyl sites for hydroxylation is 2. The summed E-state index contributed by atoms with van der Waals surface area (Å²) in [6.07, 6.45) is 4.12. The SMILES string of the molecule is CCc1ccnc(C(=O)NCc2cnc(C)nc2N)c1. The highest BCUT2D eigenvalue weighted by Gasteiger charge is 2.09. The molecule has 0 spiro atoms. The van der Waals surface area contributed by atoms with E-state index in [1.165, 1.54) is 0 Å². The number of carbonyl (C=O) groups is 1. The van der Waals surface area contributed by atoms with Gasteiger partial charge in [-0.3, -0.25) is 9.78 Å². The number of rotatable bonds is 4. The first kappa shape index (κ1) is 13.9. The molecule has 0 atom stereocenters. The maximum absolute atomic E-state index is 12.0. The van der Waals surface area contributed by atoms with Gasteiger partial charge in [0.05, 0.1) is 0 Å². The molecule has 2 aromatic rings. The van der Waals surface area contributed by atoms with Gasteiger partial charge in [-0.1, -0.05) is 6.92 Å². The van der Waals surface area contributed by atoms with Crippen molar-refractivity contribution in [2.45, 2.75) is 26.8 Å². The predicted molar refractivity (Wildman–Crippen MR) is 76.0 cm³/mol. The molecule has 1 amide bonds. The molecule has 104 valence electrons. The molecule has 3 N–H and O–H groups in total. The topological polar surface area (TPSA) is 93.8 Å². The van der Waals surface area contributed by atoms with Crippen LogP contribution in [0.25, 0.3) is 0 Å². The second-order valence-electron chi connectivity index (χ2n) is 4.41. The van der Waals surface area contributed by atoms with Gasteiger partial charge < -0.3 is 11.1 Å². The van der Waals surface area contributed by atoms with Crippen molar-refractivity contribution in [3.05, 3.63) is 47.2 Å². The van der Waals surface area contributed by atoms with Crippen LogP contribution in [0.2, 0.25) is 0 Å². The van der Waals surface area contributed by atoms with Crippen molar-refractivity contribution in [3.8, 4) is 0 Å². The van der Waals surface area contributed by atoms with Crippen LogP contribution in [0.3, 0.4) is 0 Å². The third-order valence-electron chi connectivity index (χ3n) is 2.92. The van der Waals surface area contributed by atoms with E-state index in [-0.39, 0.29) is 12.5 Å². The van der Waals surface area contributed by atoms with Gasteiger partial charge in [-0.25, -0.2) is 9.97 Å². The third kappa shape index (κ3) is 3.28. The van der Waals surface area contributed by atoms with Gasteiger partial charge in [0.15, 0.2) is 0 Å². The van der Waals surface area contributed by atoms with Gasteiger partial charge in [0.25, 0.3) is 5.91 Å². The Bertz CT molecular complexity index is 627. The van der Waals surface area contributed by atoms with Crippen molar-refractivity contribution in [1.82, 2.24) is 20.3 Å². The first-order chi connectivity index (χ1) is 9.60. The smallest absolute Gasteiger partial charge is 0.270 e. The van der Waals surface area contributed by atoms with Crippen molar-refractivity contribution in [3.63, 3.8) is 0 Å². The summed E-state index contributed by atoms with van der Waals surface area (Å²) < 4.78 is 0. The highest BCUT2D eigenvalue weighted by molar-refractivity contribution is 5.92. The molecule has 0 aliphatic rings. The lowest BCUT2D eigenvalue weighted by molar-refractivity contribution is 0.0946. The summed E-state index contributed by atoms with van der Waals surface area (Å²) in [6, 6.07) is 3.67. The highest BCUT2D eigenvalue weighted by Crippen LogP contribution is 2.07. The molecule has 0 saturated carbocycles. The zero-order valence-electron chi connectivity index (χ0n) is 11.6. The number of nitrogens with one attached hydrogen (secondary N) is 1. The minimum Gasteiger partial charge on any atom is -0.383 e. The molecule has 20 heavy (non-hydrogen) atoms. The molecule has 2 heterocycles. The number of pyridine rings is 1. The number of nitrogen functional groups attached to an aromatic ring is 1. The second-order valence-corrected chi connectivity index (χ2v) is 4.41.